The van der Waals surface area contributed by atoms with E-state index >= 15 is 0 Å². The van der Waals surface area contributed by atoms with Gasteiger partial charge in [-0.1, -0.05) is 24.4 Å². The normalized spacial score (nSPS) is 15.8. The molecule has 1 amide bonds. The van der Waals surface area contributed by atoms with E-state index in [1.807, 2.05) is 12.1 Å². The van der Waals surface area contributed by atoms with Crippen LogP contribution in [0.25, 0.3) is 0 Å². The lowest BCUT2D eigenvalue weighted by molar-refractivity contribution is -0.135. The minimum absolute atomic E-state index is 0.00270. The monoisotopic (exact) mass is 308 g/mol. The minimum Gasteiger partial charge on any atom is -0.483 e. The number of ether oxygens (including phenoxy) is 2. The van der Waals surface area contributed by atoms with Crippen LogP contribution in [0, 0.1) is 0 Å². The maximum atomic E-state index is 12.1. The van der Waals surface area contributed by atoms with Gasteiger partial charge in [0.1, 0.15) is 10.7 Å². The first kappa shape index (κ1) is 15.7. The molecule has 1 aromatic rings. The van der Waals surface area contributed by atoms with Gasteiger partial charge in [-0.2, -0.15) is 0 Å². The van der Waals surface area contributed by atoms with Gasteiger partial charge < -0.3 is 20.1 Å². The van der Waals surface area contributed by atoms with E-state index in [0.717, 1.165) is 12.8 Å². The Labute approximate surface area is 130 Å². The van der Waals surface area contributed by atoms with Crippen LogP contribution in [0.15, 0.2) is 24.3 Å². The number of para-hydroxylation sites is 1. The minimum atomic E-state index is -0.0257. The Morgan fingerprint density at radius 3 is 2.67 bits per heavy atom. The topological polar surface area (TPSA) is 64.8 Å². The van der Waals surface area contributed by atoms with Gasteiger partial charge in [-0.15, -0.1) is 0 Å². The van der Waals surface area contributed by atoms with Crippen LogP contribution in [0.3, 0.4) is 0 Å². The molecule has 5 nitrogen and oxygen atoms in total. The highest BCUT2D eigenvalue weighted by Gasteiger charge is 2.22. The first-order chi connectivity index (χ1) is 10.1. The molecule has 114 valence electrons. The molecule has 0 bridgehead atoms. The number of hydrogen-bond donors (Lipinski definition) is 1. The average Bonchev–Trinajstić information content (AvgIpc) is 2.52. The van der Waals surface area contributed by atoms with Crippen molar-refractivity contribution in [2.24, 2.45) is 5.73 Å². The van der Waals surface area contributed by atoms with Gasteiger partial charge in [-0.3, -0.25) is 4.79 Å². The van der Waals surface area contributed by atoms with Gasteiger partial charge in [0.2, 0.25) is 0 Å². The molecule has 1 fully saturated rings. The van der Waals surface area contributed by atoms with E-state index < -0.39 is 0 Å². The number of methoxy groups -OCH3 is 1. The molecule has 2 rings (SSSR count). The summed E-state index contributed by atoms with van der Waals surface area (Å²) >= 11 is 4.97. The number of thiocarbonyl (C=S) groups is 1. The van der Waals surface area contributed by atoms with Gasteiger partial charge >= 0.3 is 0 Å². The highest BCUT2D eigenvalue weighted by Crippen LogP contribution is 2.18. The van der Waals surface area contributed by atoms with Crippen LogP contribution < -0.4 is 10.5 Å². The van der Waals surface area contributed by atoms with Crippen molar-refractivity contribution in [1.82, 2.24) is 4.90 Å². The summed E-state index contributed by atoms with van der Waals surface area (Å²) < 4.78 is 10.9. The lowest BCUT2D eigenvalue weighted by atomic mass is 10.1. The van der Waals surface area contributed by atoms with Crippen LogP contribution in [0.2, 0.25) is 0 Å². The van der Waals surface area contributed by atoms with Crippen molar-refractivity contribution in [2.75, 3.05) is 26.8 Å². The van der Waals surface area contributed by atoms with Crippen LogP contribution in [0.5, 0.6) is 5.75 Å². The standard InChI is InChI=1S/C15H20N2O3S/c1-19-11-6-8-17(9-7-11)14(18)10-20-13-5-3-2-4-12(13)15(16)21/h2-5,11H,6-10H2,1H3,(H2,16,21). The van der Waals surface area contributed by atoms with Crippen LogP contribution in [0.4, 0.5) is 0 Å². The predicted octanol–water partition coefficient (Wildman–Crippen LogP) is 1.34. The highest BCUT2D eigenvalue weighted by atomic mass is 32.1. The second-order valence-electron chi connectivity index (χ2n) is 4.96. The molecule has 1 aliphatic heterocycles. The predicted molar refractivity (Wildman–Crippen MR) is 84.4 cm³/mol. The molecule has 0 saturated carbocycles. The molecule has 1 aliphatic rings. The number of hydrogen-bond acceptors (Lipinski definition) is 4. The molecule has 21 heavy (non-hydrogen) atoms. The number of carbonyl (C=O) groups is 1. The Hall–Kier alpha value is -1.66. The van der Waals surface area contributed by atoms with Crippen molar-refractivity contribution in [3.05, 3.63) is 29.8 Å². The summed E-state index contributed by atoms with van der Waals surface area (Å²) in [5, 5.41) is 0. The fourth-order valence-corrected chi connectivity index (χ4v) is 2.54. The first-order valence-corrected chi connectivity index (χ1v) is 7.35. The van der Waals surface area contributed by atoms with Gasteiger partial charge in [0.15, 0.2) is 6.61 Å². The summed E-state index contributed by atoms with van der Waals surface area (Å²) in [5.41, 5.74) is 6.29. The summed E-state index contributed by atoms with van der Waals surface area (Å²) in [7, 11) is 1.71. The smallest absolute Gasteiger partial charge is 0.260 e. The van der Waals surface area contributed by atoms with E-state index in [-0.39, 0.29) is 23.6 Å². The van der Waals surface area contributed by atoms with Crippen LogP contribution in [-0.2, 0) is 9.53 Å². The summed E-state index contributed by atoms with van der Waals surface area (Å²) in [6.07, 6.45) is 1.99. The van der Waals surface area contributed by atoms with Crippen molar-refractivity contribution >= 4 is 23.1 Å². The third kappa shape index (κ3) is 4.15. The molecule has 0 spiro atoms. The van der Waals surface area contributed by atoms with Gasteiger partial charge in [0.05, 0.1) is 11.7 Å². The molecule has 0 aromatic heterocycles. The molecule has 0 atom stereocenters. The van der Waals surface area contributed by atoms with Gasteiger partial charge in [0.25, 0.3) is 5.91 Å². The molecule has 0 aliphatic carbocycles. The molecule has 1 aromatic carbocycles. The molecule has 1 saturated heterocycles. The van der Waals surface area contributed by atoms with Gasteiger partial charge in [0, 0.05) is 20.2 Å². The number of nitrogens with two attached hydrogens (primary N) is 1. The van der Waals surface area contributed by atoms with Gasteiger partial charge in [-0.25, -0.2) is 0 Å². The second-order valence-corrected chi connectivity index (χ2v) is 5.40. The summed E-state index contributed by atoms with van der Waals surface area (Å²) in [6, 6.07) is 7.20. The van der Waals surface area contributed by atoms with E-state index in [4.69, 9.17) is 27.4 Å². The van der Waals surface area contributed by atoms with E-state index in [9.17, 15) is 4.79 Å². The molecular formula is C15H20N2O3S. The second kappa shape index (κ2) is 7.38. The van der Waals surface area contributed by atoms with Crippen molar-refractivity contribution in [1.29, 1.82) is 0 Å². The summed E-state index contributed by atoms with van der Waals surface area (Å²) in [4.78, 5) is 14.2. The fourth-order valence-electron chi connectivity index (χ4n) is 2.37. The summed E-state index contributed by atoms with van der Waals surface area (Å²) in [6.45, 7) is 1.41. The zero-order chi connectivity index (χ0) is 15.2. The Morgan fingerprint density at radius 2 is 2.05 bits per heavy atom. The van der Waals surface area contributed by atoms with Crippen LogP contribution in [0.1, 0.15) is 18.4 Å². The number of carbonyl (C=O) groups excluding carboxylic acids is 1. The third-order valence-electron chi connectivity index (χ3n) is 3.63. The molecule has 1 heterocycles. The fraction of sp³-hybridized carbons (Fsp3) is 0.467. The maximum Gasteiger partial charge on any atom is 0.260 e. The number of amides is 1. The lowest BCUT2D eigenvalue weighted by Crippen LogP contribution is -2.42. The Balaban J connectivity index is 1.89. The summed E-state index contributed by atoms with van der Waals surface area (Å²) in [5.74, 6) is 0.521. The Kier molecular flexibility index (Phi) is 5.52. The molecule has 2 N–H and O–H groups in total. The van der Waals surface area contributed by atoms with Crippen molar-refractivity contribution in [3.8, 4) is 5.75 Å². The SMILES string of the molecule is COC1CCN(C(=O)COc2ccccc2C(N)=S)CC1. The first-order valence-electron chi connectivity index (χ1n) is 6.94. The third-order valence-corrected chi connectivity index (χ3v) is 3.85. The Bertz CT molecular complexity index is 513. The maximum absolute atomic E-state index is 12.1. The molecule has 0 unspecified atom stereocenters. The van der Waals surface area contributed by atoms with Gasteiger partial charge in [-0.05, 0) is 25.0 Å². The van der Waals surface area contributed by atoms with E-state index in [1.165, 1.54) is 0 Å². The molecule has 6 heteroatoms. The number of nitrogens with zero attached hydrogens (tertiary/aromatic N) is 1. The van der Waals surface area contributed by atoms with Crippen LogP contribution in [-0.4, -0.2) is 48.7 Å². The van der Waals surface area contributed by atoms with E-state index in [0.29, 0.717) is 24.4 Å². The lowest BCUT2D eigenvalue weighted by Gasteiger charge is -2.31. The van der Waals surface area contributed by atoms with Crippen molar-refractivity contribution < 1.29 is 14.3 Å². The average molecular weight is 308 g/mol. The zero-order valence-electron chi connectivity index (χ0n) is 12.1. The van der Waals surface area contributed by atoms with E-state index in [1.54, 1.807) is 24.1 Å². The molecular weight excluding hydrogens is 288 g/mol. The highest BCUT2D eigenvalue weighted by molar-refractivity contribution is 7.80. The van der Waals surface area contributed by atoms with Crippen molar-refractivity contribution in [2.45, 2.75) is 18.9 Å². The van der Waals surface area contributed by atoms with Crippen molar-refractivity contribution in [3.63, 3.8) is 0 Å². The number of likely N-dealkylation sites (tertiary alicyclic amines) is 1. The number of rotatable bonds is 5. The Morgan fingerprint density at radius 1 is 1.38 bits per heavy atom. The van der Waals surface area contributed by atoms with Crippen LogP contribution >= 0.6 is 12.2 Å². The largest absolute Gasteiger partial charge is 0.483 e. The quantitative estimate of drug-likeness (QED) is 0.832. The number of benzene rings is 1. The van der Waals surface area contributed by atoms with E-state index in [2.05, 4.69) is 0 Å². The molecule has 0 radical (unpaired) electrons. The zero-order valence-corrected chi connectivity index (χ0v) is 12.9. The number of piperidine rings is 1.